The maximum Gasteiger partial charge on any atom is 0.471 e. The molecule has 0 radical (unpaired) electrons. The van der Waals surface area contributed by atoms with E-state index in [0.717, 1.165) is 12.8 Å². The Labute approximate surface area is 96.9 Å². The highest BCUT2D eigenvalue weighted by molar-refractivity contribution is 5.96. The van der Waals surface area contributed by atoms with Gasteiger partial charge in [-0.3, -0.25) is 4.79 Å². The topological polar surface area (TPSA) is 61.7 Å². The summed E-state index contributed by atoms with van der Waals surface area (Å²) in [6.07, 6.45) is -3.35. The Bertz CT molecular complexity index is 322. The fourth-order valence-corrected chi connectivity index (χ4v) is 1.58. The first kappa shape index (κ1) is 13.8. The molecule has 1 saturated carbocycles. The highest BCUT2D eigenvalue weighted by Gasteiger charge is 2.43. The summed E-state index contributed by atoms with van der Waals surface area (Å²) < 4.78 is 36.4. The Kier molecular flexibility index (Phi) is 4.00. The number of amides is 1. The van der Waals surface area contributed by atoms with Crippen LogP contribution in [0.5, 0.6) is 0 Å². The van der Waals surface area contributed by atoms with E-state index in [-0.39, 0.29) is 17.5 Å². The highest BCUT2D eigenvalue weighted by Crippen LogP contribution is 2.33. The molecule has 0 saturated heterocycles. The molecule has 4 nitrogen and oxygen atoms in total. The lowest BCUT2D eigenvalue weighted by atomic mass is 9.96. The van der Waals surface area contributed by atoms with Gasteiger partial charge in [0.05, 0.1) is 11.8 Å². The average molecular weight is 252 g/mol. The Balaban J connectivity index is 2.76. The molecule has 0 aliphatic heterocycles. The lowest BCUT2D eigenvalue weighted by Gasteiger charge is -2.23. The van der Waals surface area contributed by atoms with E-state index in [1.165, 1.54) is 0 Å². The molecule has 98 valence electrons. The zero-order valence-electron chi connectivity index (χ0n) is 9.58. The molecule has 1 aliphatic carbocycles. The van der Waals surface area contributed by atoms with Crippen molar-refractivity contribution in [3.05, 3.63) is 0 Å². The van der Waals surface area contributed by atoms with E-state index in [4.69, 9.17) is 5.21 Å². The number of halogens is 3. The van der Waals surface area contributed by atoms with Crippen LogP contribution in [0.25, 0.3) is 0 Å². The van der Waals surface area contributed by atoms with Gasteiger partial charge in [-0.15, -0.1) is 0 Å². The van der Waals surface area contributed by atoms with Crippen LogP contribution in [-0.4, -0.2) is 29.0 Å². The molecule has 0 aromatic heterocycles. The fourth-order valence-electron chi connectivity index (χ4n) is 1.58. The second-order valence-electron chi connectivity index (χ2n) is 4.49. The summed E-state index contributed by atoms with van der Waals surface area (Å²) in [5, 5.41) is 13.7. The molecule has 7 heteroatoms. The molecule has 0 spiro atoms. The third-order valence-electron chi connectivity index (χ3n) is 2.64. The van der Waals surface area contributed by atoms with Crippen molar-refractivity contribution in [3.63, 3.8) is 0 Å². The number of nitrogens with one attached hydrogen (secondary N) is 1. The van der Waals surface area contributed by atoms with Gasteiger partial charge in [-0.1, -0.05) is 19.0 Å². The summed E-state index contributed by atoms with van der Waals surface area (Å²) >= 11 is 0. The van der Waals surface area contributed by atoms with Crippen LogP contribution in [-0.2, 0) is 4.79 Å². The number of hydrogen-bond acceptors (Lipinski definition) is 3. The zero-order valence-corrected chi connectivity index (χ0v) is 9.58. The van der Waals surface area contributed by atoms with Crippen LogP contribution in [0.3, 0.4) is 0 Å². The molecule has 1 rings (SSSR count). The first-order valence-corrected chi connectivity index (χ1v) is 5.37. The maximum atomic E-state index is 12.1. The Morgan fingerprint density at radius 2 is 1.94 bits per heavy atom. The molecule has 0 unspecified atom stereocenters. The molecule has 0 bridgehead atoms. The van der Waals surface area contributed by atoms with Gasteiger partial charge < -0.3 is 10.5 Å². The molecule has 17 heavy (non-hydrogen) atoms. The monoisotopic (exact) mass is 252 g/mol. The first-order valence-electron chi connectivity index (χ1n) is 5.37. The summed E-state index contributed by atoms with van der Waals surface area (Å²) in [6, 6.07) is -0.873. The van der Waals surface area contributed by atoms with Gasteiger partial charge in [0.2, 0.25) is 0 Å². The summed E-state index contributed by atoms with van der Waals surface area (Å²) in [7, 11) is 0. The number of alkyl halides is 3. The van der Waals surface area contributed by atoms with Crippen LogP contribution in [0.2, 0.25) is 0 Å². The third-order valence-corrected chi connectivity index (χ3v) is 2.64. The van der Waals surface area contributed by atoms with E-state index in [9.17, 15) is 18.0 Å². The predicted octanol–water partition coefficient (Wildman–Crippen LogP) is 1.93. The van der Waals surface area contributed by atoms with Gasteiger partial charge in [-0.05, 0) is 18.8 Å². The van der Waals surface area contributed by atoms with Crippen molar-refractivity contribution in [3.8, 4) is 0 Å². The van der Waals surface area contributed by atoms with Crippen molar-refractivity contribution in [2.24, 2.45) is 17.0 Å². The van der Waals surface area contributed by atoms with Crippen molar-refractivity contribution >= 4 is 11.6 Å². The first-order chi connectivity index (χ1) is 7.77. The quantitative estimate of drug-likeness (QED) is 0.456. The fraction of sp³-hybridized carbons (Fsp3) is 0.800. The Hall–Kier alpha value is -1.27. The van der Waals surface area contributed by atoms with Crippen molar-refractivity contribution in [2.75, 3.05) is 0 Å². The van der Waals surface area contributed by atoms with E-state index in [1.54, 1.807) is 13.8 Å². The number of oxime groups is 1. The van der Waals surface area contributed by atoms with E-state index in [1.807, 2.05) is 5.32 Å². The van der Waals surface area contributed by atoms with Gasteiger partial charge in [0, 0.05) is 5.92 Å². The normalized spacial score (nSPS) is 19.3. The Morgan fingerprint density at radius 3 is 2.24 bits per heavy atom. The van der Waals surface area contributed by atoms with Crippen molar-refractivity contribution in [1.82, 2.24) is 5.32 Å². The molecular weight excluding hydrogens is 237 g/mol. The Morgan fingerprint density at radius 1 is 1.41 bits per heavy atom. The van der Waals surface area contributed by atoms with E-state index >= 15 is 0 Å². The van der Waals surface area contributed by atoms with Crippen LogP contribution in [0, 0.1) is 11.8 Å². The largest absolute Gasteiger partial charge is 0.471 e. The number of carbonyl (C=O) groups excluding carboxylic acids is 1. The number of carbonyl (C=O) groups is 1. The van der Waals surface area contributed by atoms with Gasteiger partial charge >= 0.3 is 12.1 Å². The number of nitrogens with zero attached hydrogens (tertiary/aromatic N) is 1. The van der Waals surface area contributed by atoms with Gasteiger partial charge in [-0.2, -0.15) is 13.2 Å². The second-order valence-corrected chi connectivity index (χ2v) is 4.49. The summed E-state index contributed by atoms with van der Waals surface area (Å²) in [5.41, 5.74) is 0.234. The van der Waals surface area contributed by atoms with E-state index < -0.39 is 18.1 Å². The van der Waals surface area contributed by atoms with E-state index in [0.29, 0.717) is 0 Å². The third kappa shape index (κ3) is 3.61. The molecule has 1 aliphatic rings. The average Bonchev–Trinajstić information content (AvgIpc) is 2.99. The highest BCUT2D eigenvalue weighted by atomic mass is 19.4. The lowest BCUT2D eigenvalue weighted by Crippen LogP contribution is -2.49. The molecule has 1 fully saturated rings. The SMILES string of the molecule is CC(C)[C@H](NC(=O)C(F)(F)F)/C(=N/O)C1CC1. The van der Waals surface area contributed by atoms with Crippen LogP contribution in [0.1, 0.15) is 26.7 Å². The smallest absolute Gasteiger partial charge is 0.411 e. The van der Waals surface area contributed by atoms with Gasteiger partial charge in [-0.25, -0.2) is 0 Å². The molecule has 0 aromatic rings. The maximum absolute atomic E-state index is 12.1. The summed E-state index contributed by atoms with van der Waals surface area (Å²) in [5.74, 6) is -2.29. The second kappa shape index (κ2) is 4.93. The lowest BCUT2D eigenvalue weighted by molar-refractivity contribution is -0.174. The van der Waals surface area contributed by atoms with Crippen molar-refractivity contribution in [1.29, 1.82) is 0 Å². The molecule has 0 aromatic carbocycles. The van der Waals surface area contributed by atoms with Gasteiger partial charge in [0.1, 0.15) is 0 Å². The summed E-state index contributed by atoms with van der Waals surface area (Å²) in [4.78, 5) is 10.9. The molecule has 0 heterocycles. The number of hydrogen-bond donors (Lipinski definition) is 2. The van der Waals surface area contributed by atoms with Crippen LogP contribution >= 0.6 is 0 Å². The van der Waals surface area contributed by atoms with Gasteiger partial charge in [0.15, 0.2) is 0 Å². The van der Waals surface area contributed by atoms with E-state index in [2.05, 4.69) is 5.16 Å². The minimum absolute atomic E-state index is 0.0130. The molecule has 1 amide bonds. The number of rotatable bonds is 4. The zero-order chi connectivity index (χ0) is 13.2. The van der Waals surface area contributed by atoms with Crippen LogP contribution in [0.4, 0.5) is 13.2 Å². The van der Waals surface area contributed by atoms with Gasteiger partial charge in [0.25, 0.3) is 0 Å². The standard InChI is InChI=1S/C10H15F3N2O2/c1-5(2)7(8(15-17)6-3-4-6)14-9(16)10(11,12)13/h5-7,17H,3-4H2,1-2H3,(H,14,16)/b15-8+/t7-/m0/s1. The molecular formula is C10H15F3N2O2. The minimum Gasteiger partial charge on any atom is -0.411 e. The van der Waals surface area contributed by atoms with Crippen LogP contribution < -0.4 is 5.32 Å². The summed E-state index contributed by atoms with van der Waals surface area (Å²) in [6.45, 7) is 3.32. The molecule has 2 N–H and O–H groups in total. The van der Waals surface area contributed by atoms with Crippen LogP contribution in [0.15, 0.2) is 5.16 Å². The van der Waals surface area contributed by atoms with Crippen molar-refractivity contribution in [2.45, 2.75) is 38.9 Å². The molecule has 1 atom stereocenters. The predicted molar refractivity (Wildman–Crippen MR) is 54.8 cm³/mol. The minimum atomic E-state index is -4.92. The van der Waals surface area contributed by atoms with Crippen molar-refractivity contribution < 1.29 is 23.2 Å².